The second-order valence-electron chi connectivity index (χ2n) is 5.50. The van der Waals surface area contributed by atoms with Crippen molar-refractivity contribution in [3.63, 3.8) is 0 Å². The Morgan fingerprint density at radius 2 is 2.00 bits per heavy atom. The maximum atomic E-state index is 12.3. The Hall–Kier alpha value is -1.93. The number of benzene rings is 1. The van der Waals surface area contributed by atoms with E-state index in [1.165, 1.54) is 23.1 Å². The lowest BCUT2D eigenvalue weighted by molar-refractivity contribution is -0.132. The molecule has 0 aliphatic carbocycles. The quantitative estimate of drug-likeness (QED) is 0.827. The van der Waals surface area contributed by atoms with E-state index in [1.54, 1.807) is 5.51 Å². The summed E-state index contributed by atoms with van der Waals surface area (Å²) in [5.41, 5.74) is 2.47. The summed E-state index contributed by atoms with van der Waals surface area (Å²) in [5.74, 6) is 0.467. The normalized spacial score (nSPS) is 15.2. The van der Waals surface area contributed by atoms with E-state index in [9.17, 15) is 9.59 Å². The van der Waals surface area contributed by atoms with E-state index in [4.69, 9.17) is 0 Å². The Morgan fingerprint density at radius 3 is 2.67 bits per heavy atom. The van der Waals surface area contributed by atoms with E-state index >= 15 is 0 Å². The van der Waals surface area contributed by atoms with E-state index < -0.39 is 0 Å². The zero-order valence-electron chi connectivity index (χ0n) is 13.1. The van der Waals surface area contributed by atoms with E-state index in [0.29, 0.717) is 31.7 Å². The van der Waals surface area contributed by atoms with Crippen LogP contribution in [-0.4, -0.2) is 45.8 Å². The van der Waals surface area contributed by atoms with Gasteiger partial charge in [-0.1, -0.05) is 41.3 Å². The summed E-state index contributed by atoms with van der Waals surface area (Å²) >= 11 is 2.85. The van der Waals surface area contributed by atoms with Crippen molar-refractivity contribution < 1.29 is 9.59 Å². The maximum absolute atomic E-state index is 12.3. The van der Waals surface area contributed by atoms with Gasteiger partial charge in [0, 0.05) is 24.7 Å². The molecule has 24 heavy (non-hydrogen) atoms. The summed E-state index contributed by atoms with van der Waals surface area (Å²) in [6.07, 6.45) is 1.40. The fraction of sp³-hybridized carbons (Fsp3) is 0.375. The molecule has 1 saturated heterocycles. The molecule has 0 bridgehead atoms. The zero-order chi connectivity index (χ0) is 16.8. The molecule has 0 atom stereocenters. The van der Waals surface area contributed by atoms with E-state index in [2.05, 4.69) is 15.5 Å². The number of anilines is 1. The smallest absolute Gasteiger partial charge is 0.233 e. The molecular weight excluding hydrogens is 344 g/mol. The largest absolute Gasteiger partial charge is 0.342 e. The first-order valence-corrected chi connectivity index (χ1v) is 9.61. The van der Waals surface area contributed by atoms with Gasteiger partial charge in [0.15, 0.2) is 4.34 Å². The lowest BCUT2D eigenvalue weighted by Crippen LogP contribution is -2.42. The van der Waals surface area contributed by atoms with Crippen LogP contribution in [0.1, 0.15) is 12.8 Å². The highest BCUT2D eigenvalue weighted by Crippen LogP contribution is 2.23. The van der Waals surface area contributed by atoms with Gasteiger partial charge in [-0.2, -0.15) is 0 Å². The van der Waals surface area contributed by atoms with E-state index in [0.717, 1.165) is 10.0 Å². The molecule has 0 unspecified atom stereocenters. The van der Waals surface area contributed by atoms with Crippen molar-refractivity contribution in [2.45, 2.75) is 17.2 Å². The monoisotopic (exact) mass is 362 g/mol. The summed E-state index contributed by atoms with van der Waals surface area (Å²) in [5, 5.41) is 10.6. The molecule has 1 aliphatic rings. The second kappa shape index (κ2) is 8.25. The first-order chi connectivity index (χ1) is 11.7. The standard InChI is InChI=1S/C16H18N4O2S2/c21-14(10-23-16-19-17-11-24-16)20-8-6-12(7-9-20)15(22)18-13-4-2-1-3-5-13/h1-5,11-12H,6-10H2,(H,18,22). The fourth-order valence-electron chi connectivity index (χ4n) is 2.60. The van der Waals surface area contributed by atoms with Crippen LogP contribution in [0.4, 0.5) is 5.69 Å². The van der Waals surface area contributed by atoms with Crippen LogP contribution in [0.25, 0.3) is 0 Å². The van der Waals surface area contributed by atoms with Crippen LogP contribution < -0.4 is 5.32 Å². The molecule has 3 rings (SSSR count). The number of amides is 2. The van der Waals surface area contributed by atoms with Crippen LogP contribution in [0, 0.1) is 5.92 Å². The third kappa shape index (κ3) is 4.55. The average Bonchev–Trinajstić information content (AvgIpc) is 3.14. The molecule has 0 saturated carbocycles. The number of likely N-dealkylation sites (tertiary alicyclic amines) is 1. The molecule has 1 aromatic carbocycles. The van der Waals surface area contributed by atoms with Crippen molar-refractivity contribution in [2.24, 2.45) is 5.92 Å². The number of nitrogens with one attached hydrogen (secondary N) is 1. The number of thioether (sulfide) groups is 1. The van der Waals surface area contributed by atoms with Crippen molar-refractivity contribution in [1.29, 1.82) is 0 Å². The minimum Gasteiger partial charge on any atom is -0.342 e. The number of carbonyl (C=O) groups excluding carboxylic acids is 2. The van der Waals surface area contributed by atoms with Gasteiger partial charge in [0.2, 0.25) is 11.8 Å². The van der Waals surface area contributed by atoms with Crippen molar-refractivity contribution >= 4 is 40.6 Å². The van der Waals surface area contributed by atoms with Gasteiger partial charge in [-0.3, -0.25) is 9.59 Å². The third-order valence-corrected chi connectivity index (χ3v) is 5.76. The van der Waals surface area contributed by atoms with Gasteiger partial charge in [0.1, 0.15) is 5.51 Å². The molecule has 6 nitrogen and oxygen atoms in total. The number of nitrogens with zero attached hydrogens (tertiary/aromatic N) is 3. The molecule has 2 aromatic rings. The van der Waals surface area contributed by atoms with Gasteiger partial charge in [0.25, 0.3) is 0 Å². The molecule has 1 N–H and O–H groups in total. The highest BCUT2D eigenvalue weighted by molar-refractivity contribution is 8.01. The zero-order valence-corrected chi connectivity index (χ0v) is 14.7. The molecule has 1 fully saturated rings. The van der Waals surface area contributed by atoms with Gasteiger partial charge in [-0.25, -0.2) is 0 Å². The number of para-hydroxylation sites is 1. The lowest BCUT2D eigenvalue weighted by Gasteiger charge is -2.31. The topological polar surface area (TPSA) is 75.2 Å². The summed E-state index contributed by atoms with van der Waals surface area (Å²) < 4.78 is 0.806. The lowest BCUT2D eigenvalue weighted by atomic mass is 9.96. The molecule has 0 radical (unpaired) electrons. The first kappa shape index (κ1) is 16.9. The SMILES string of the molecule is O=C(Nc1ccccc1)C1CCN(C(=O)CSc2nncs2)CC1. The molecule has 126 valence electrons. The van der Waals surface area contributed by atoms with Crippen LogP contribution in [0.15, 0.2) is 40.2 Å². The number of hydrogen-bond acceptors (Lipinski definition) is 6. The Labute approximate surface area is 148 Å². The molecule has 2 heterocycles. The number of piperidine rings is 1. The summed E-state index contributed by atoms with van der Waals surface area (Å²) in [6.45, 7) is 1.25. The van der Waals surface area contributed by atoms with Crippen LogP contribution in [0.2, 0.25) is 0 Å². The highest BCUT2D eigenvalue weighted by atomic mass is 32.2. The van der Waals surface area contributed by atoms with Gasteiger partial charge in [-0.05, 0) is 25.0 Å². The Kier molecular flexibility index (Phi) is 5.81. The highest BCUT2D eigenvalue weighted by Gasteiger charge is 2.27. The van der Waals surface area contributed by atoms with Crippen molar-refractivity contribution in [1.82, 2.24) is 15.1 Å². The van der Waals surface area contributed by atoms with Gasteiger partial charge >= 0.3 is 0 Å². The number of aromatic nitrogens is 2. The molecule has 0 spiro atoms. The minimum absolute atomic E-state index is 0.0370. The van der Waals surface area contributed by atoms with E-state index in [-0.39, 0.29) is 17.7 Å². The van der Waals surface area contributed by atoms with Crippen molar-refractivity contribution in [3.8, 4) is 0 Å². The number of carbonyl (C=O) groups is 2. The molecule has 8 heteroatoms. The van der Waals surface area contributed by atoms with Crippen molar-refractivity contribution in [2.75, 3.05) is 24.2 Å². The average molecular weight is 362 g/mol. The fourth-order valence-corrected chi connectivity index (χ4v) is 3.99. The Balaban J connectivity index is 1.43. The predicted molar refractivity (Wildman–Crippen MR) is 95.0 cm³/mol. The summed E-state index contributed by atoms with van der Waals surface area (Å²) in [6, 6.07) is 9.46. The van der Waals surface area contributed by atoms with Crippen LogP contribution >= 0.6 is 23.1 Å². The molecular formula is C16H18N4O2S2. The first-order valence-electron chi connectivity index (χ1n) is 7.75. The molecule has 2 amide bonds. The molecule has 1 aliphatic heterocycles. The summed E-state index contributed by atoms with van der Waals surface area (Å²) in [4.78, 5) is 26.3. The predicted octanol–water partition coefficient (Wildman–Crippen LogP) is 2.51. The minimum atomic E-state index is -0.0370. The number of hydrogen-bond donors (Lipinski definition) is 1. The third-order valence-electron chi connectivity index (χ3n) is 3.92. The Bertz CT molecular complexity index is 671. The second-order valence-corrected chi connectivity index (χ2v) is 7.56. The van der Waals surface area contributed by atoms with Crippen molar-refractivity contribution in [3.05, 3.63) is 35.8 Å². The Morgan fingerprint density at radius 1 is 1.25 bits per heavy atom. The summed E-state index contributed by atoms with van der Waals surface area (Å²) in [7, 11) is 0. The van der Waals surface area contributed by atoms with Gasteiger partial charge < -0.3 is 10.2 Å². The molecule has 1 aromatic heterocycles. The van der Waals surface area contributed by atoms with E-state index in [1.807, 2.05) is 35.2 Å². The van der Waals surface area contributed by atoms with Gasteiger partial charge in [-0.15, -0.1) is 10.2 Å². The maximum Gasteiger partial charge on any atom is 0.233 e. The van der Waals surface area contributed by atoms with Gasteiger partial charge in [0.05, 0.1) is 5.75 Å². The van der Waals surface area contributed by atoms with Crippen LogP contribution in [-0.2, 0) is 9.59 Å². The van der Waals surface area contributed by atoms with Crippen LogP contribution in [0.3, 0.4) is 0 Å². The van der Waals surface area contributed by atoms with Crippen LogP contribution in [0.5, 0.6) is 0 Å². The number of rotatable bonds is 5.